The summed E-state index contributed by atoms with van der Waals surface area (Å²) in [6.07, 6.45) is 1.91. The molecule has 2 rings (SSSR count). The van der Waals surface area contributed by atoms with E-state index in [9.17, 15) is 9.90 Å². The number of amides is 1. The average Bonchev–Trinajstić information content (AvgIpc) is 2.42. The highest BCUT2D eigenvalue weighted by atomic mass is 16.3. The van der Waals surface area contributed by atoms with E-state index in [2.05, 4.69) is 10.3 Å². The molecule has 0 aliphatic rings. The van der Waals surface area contributed by atoms with Crippen molar-refractivity contribution in [2.75, 3.05) is 5.32 Å². The molecule has 1 heterocycles. The molecule has 0 atom stereocenters. The second-order valence-electron chi connectivity index (χ2n) is 4.31. The summed E-state index contributed by atoms with van der Waals surface area (Å²) in [7, 11) is 0. The lowest BCUT2D eigenvalue weighted by molar-refractivity contribution is -0.115. The highest BCUT2D eigenvalue weighted by molar-refractivity contribution is 5.92. The van der Waals surface area contributed by atoms with Crippen molar-refractivity contribution in [1.29, 1.82) is 0 Å². The maximum absolute atomic E-state index is 12.0. The third-order valence-electron chi connectivity index (χ3n) is 2.91. The van der Waals surface area contributed by atoms with Crippen LogP contribution in [-0.2, 0) is 17.8 Å². The lowest BCUT2D eigenvalue weighted by Gasteiger charge is -2.09. The summed E-state index contributed by atoms with van der Waals surface area (Å²) in [5.74, 6) is -0.136. The SMILES string of the molecule is Cc1cccnc1CC(=O)Nc1ccccc1CO. The number of aliphatic hydroxyl groups excluding tert-OH is 1. The first-order valence-electron chi connectivity index (χ1n) is 6.10. The number of aliphatic hydroxyl groups is 1. The summed E-state index contributed by atoms with van der Waals surface area (Å²) < 4.78 is 0. The number of nitrogens with zero attached hydrogens (tertiary/aromatic N) is 1. The van der Waals surface area contributed by atoms with Gasteiger partial charge in [-0.25, -0.2) is 0 Å². The molecule has 19 heavy (non-hydrogen) atoms. The van der Waals surface area contributed by atoms with Gasteiger partial charge in [-0.05, 0) is 24.6 Å². The van der Waals surface area contributed by atoms with E-state index in [1.807, 2.05) is 31.2 Å². The second kappa shape index (κ2) is 6.11. The number of carbonyl (C=O) groups excluding carboxylic acids is 1. The van der Waals surface area contributed by atoms with Crippen LogP contribution in [0.25, 0.3) is 0 Å². The molecular formula is C15H16N2O2. The molecule has 0 saturated carbocycles. The van der Waals surface area contributed by atoms with Crippen molar-refractivity contribution in [3.63, 3.8) is 0 Å². The number of pyridine rings is 1. The molecule has 0 fully saturated rings. The summed E-state index contributed by atoms with van der Waals surface area (Å²) in [6, 6.07) is 11.0. The Balaban J connectivity index is 2.08. The number of anilines is 1. The molecule has 0 unspecified atom stereocenters. The number of hydrogen-bond acceptors (Lipinski definition) is 3. The van der Waals surface area contributed by atoms with Crippen molar-refractivity contribution < 1.29 is 9.90 Å². The number of aryl methyl sites for hydroxylation is 1. The lowest BCUT2D eigenvalue weighted by atomic mass is 10.1. The molecule has 1 aromatic heterocycles. The van der Waals surface area contributed by atoms with E-state index in [0.29, 0.717) is 11.3 Å². The highest BCUT2D eigenvalue weighted by Crippen LogP contribution is 2.15. The maximum Gasteiger partial charge on any atom is 0.230 e. The molecule has 98 valence electrons. The van der Waals surface area contributed by atoms with Gasteiger partial charge in [-0.2, -0.15) is 0 Å². The predicted octanol–water partition coefficient (Wildman–Crippen LogP) is 2.06. The Morgan fingerprint density at radius 2 is 2.05 bits per heavy atom. The molecule has 0 spiro atoms. The van der Waals surface area contributed by atoms with Crippen LogP contribution in [0.2, 0.25) is 0 Å². The fraction of sp³-hybridized carbons (Fsp3) is 0.200. The molecule has 4 heteroatoms. The van der Waals surface area contributed by atoms with Gasteiger partial charge in [-0.15, -0.1) is 0 Å². The Morgan fingerprint density at radius 3 is 2.79 bits per heavy atom. The van der Waals surface area contributed by atoms with Crippen LogP contribution < -0.4 is 5.32 Å². The van der Waals surface area contributed by atoms with Crippen LogP contribution in [0.15, 0.2) is 42.6 Å². The van der Waals surface area contributed by atoms with E-state index in [1.165, 1.54) is 0 Å². The van der Waals surface area contributed by atoms with Gasteiger partial charge in [-0.3, -0.25) is 9.78 Å². The van der Waals surface area contributed by atoms with E-state index < -0.39 is 0 Å². The van der Waals surface area contributed by atoms with Crippen LogP contribution in [-0.4, -0.2) is 16.0 Å². The van der Waals surface area contributed by atoms with E-state index in [0.717, 1.165) is 11.3 Å². The molecule has 1 aromatic carbocycles. The van der Waals surface area contributed by atoms with E-state index in [-0.39, 0.29) is 18.9 Å². The fourth-order valence-electron chi connectivity index (χ4n) is 1.83. The number of benzene rings is 1. The smallest absolute Gasteiger partial charge is 0.230 e. The van der Waals surface area contributed by atoms with Crippen LogP contribution in [0.1, 0.15) is 16.8 Å². The Kier molecular flexibility index (Phi) is 4.26. The van der Waals surface area contributed by atoms with Crippen molar-refractivity contribution in [2.45, 2.75) is 20.0 Å². The molecule has 2 N–H and O–H groups in total. The minimum atomic E-state index is -0.136. The summed E-state index contributed by atoms with van der Waals surface area (Å²) >= 11 is 0. The van der Waals surface area contributed by atoms with Crippen molar-refractivity contribution in [2.24, 2.45) is 0 Å². The first kappa shape index (κ1) is 13.2. The molecule has 0 bridgehead atoms. The first-order chi connectivity index (χ1) is 9.20. The molecular weight excluding hydrogens is 240 g/mol. The Bertz CT molecular complexity index is 582. The number of nitrogens with one attached hydrogen (secondary N) is 1. The zero-order chi connectivity index (χ0) is 13.7. The van der Waals surface area contributed by atoms with Crippen molar-refractivity contribution in [1.82, 2.24) is 4.98 Å². The Hall–Kier alpha value is -2.20. The molecule has 0 aliphatic heterocycles. The zero-order valence-electron chi connectivity index (χ0n) is 10.8. The number of hydrogen-bond donors (Lipinski definition) is 2. The zero-order valence-corrected chi connectivity index (χ0v) is 10.8. The summed E-state index contributed by atoms with van der Waals surface area (Å²) in [5.41, 5.74) is 3.10. The van der Waals surface area contributed by atoms with Crippen LogP contribution in [0.4, 0.5) is 5.69 Å². The quantitative estimate of drug-likeness (QED) is 0.880. The summed E-state index contributed by atoms with van der Waals surface area (Å²) in [6.45, 7) is 1.83. The molecule has 0 radical (unpaired) electrons. The largest absolute Gasteiger partial charge is 0.392 e. The van der Waals surface area contributed by atoms with Gasteiger partial charge in [0.15, 0.2) is 0 Å². The number of aromatic nitrogens is 1. The van der Waals surface area contributed by atoms with Crippen LogP contribution in [0, 0.1) is 6.92 Å². The van der Waals surface area contributed by atoms with Crippen LogP contribution >= 0.6 is 0 Å². The van der Waals surface area contributed by atoms with Crippen LogP contribution in [0.3, 0.4) is 0 Å². The third-order valence-corrected chi connectivity index (χ3v) is 2.91. The topological polar surface area (TPSA) is 62.2 Å². The van der Waals surface area contributed by atoms with Gasteiger partial charge in [0.05, 0.1) is 18.7 Å². The van der Waals surface area contributed by atoms with Gasteiger partial charge in [0.1, 0.15) is 0 Å². The molecule has 2 aromatic rings. The van der Waals surface area contributed by atoms with Gasteiger partial charge >= 0.3 is 0 Å². The lowest BCUT2D eigenvalue weighted by Crippen LogP contribution is -2.16. The van der Waals surface area contributed by atoms with Crippen molar-refractivity contribution in [3.8, 4) is 0 Å². The van der Waals surface area contributed by atoms with Crippen LogP contribution in [0.5, 0.6) is 0 Å². The highest BCUT2D eigenvalue weighted by Gasteiger charge is 2.09. The Morgan fingerprint density at radius 1 is 1.26 bits per heavy atom. The second-order valence-corrected chi connectivity index (χ2v) is 4.31. The molecule has 4 nitrogen and oxygen atoms in total. The van der Waals surface area contributed by atoms with Crippen molar-refractivity contribution in [3.05, 3.63) is 59.4 Å². The first-order valence-corrected chi connectivity index (χ1v) is 6.10. The van der Waals surface area contributed by atoms with Gasteiger partial charge in [0.25, 0.3) is 0 Å². The van der Waals surface area contributed by atoms with Gasteiger partial charge < -0.3 is 10.4 Å². The van der Waals surface area contributed by atoms with E-state index >= 15 is 0 Å². The van der Waals surface area contributed by atoms with E-state index in [4.69, 9.17) is 0 Å². The standard InChI is InChI=1S/C15H16N2O2/c1-11-5-4-8-16-14(11)9-15(19)17-13-7-3-2-6-12(13)10-18/h2-8,18H,9-10H2,1H3,(H,17,19). The minimum Gasteiger partial charge on any atom is -0.392 e. The maximum atomic E-state index is 12.0. The van der Waals surface area contributed by atoms with Gasteiger partial charge in [0, 0.05) is 17.4 Å². The summed E-state index contributed by atoms with van der Waals surface area (Å²) in [5, 5.41) is 12.0. The number of rotatable bonds is 4. The molecule has 0 saturated heterocycles. The minimum absolute atomic E-state index is 0.0981. The third kappa shape index (κ3) is 3.39. The van der Waals surface area contributed by atoms with Gasteiger partial charge in [-0.1, -0.05) is 24.3 Å². The van der Waals surface area contributed by atoms with E-state index in [1.54, 1.807) is 18.3 Å². The predicted molar refractivity (Wildman–Crippen MR) is 73.7 cm³/mol. The number of para-hydroxylation sites is 1. The number of carbonyl (C=O) groups is 1. The fourth-order valence-corrected chi connectivity index (χ4v) is 1.83. The average molecular weight is 256 g/mol. The van der Waals surface area contributed by atoms with Crippen molar-refractivity contribution >= 4 is 11.6 Å². The molecule has 0 aliphatic carbocycles. The monoisotopic (exact) mass is 256 g/mol. The Labute approximate surface area is 112 Å². The van der Waals surface area contributed by atoms with Gasteiger partial charge in [0.2, 0.25) is 5.91 Å². The summed E-state index contributed by atoms with van der Waals surface area (Å²) in [4.78, 5) is 16.2. The normalized spacial score (nSPS) is 10.2. The molecule has 1 amide bonds.